The SMILES string of the molecule is C#CC(NC(=O)C(C)C)C(C)(C)C. The Balaban J connectivity index is 4.34. The fourth-order valence-electron chi connectivity index (χ4n) is 0.817. The van der Waals surface area contributed by atoms with Gasteiger partial charge in [0.05, 0.1) is 6.04 Å². The Bertz CT molecular complexity index is 217. The minimum absolute atomic E-state index is 0.0119. The lowest BCUT2D eigenvalue weighted by Crippen LogP contribution is -2.44. The highest BCUT2D eigenvalue weighted by Crippen LogP contribution is 2.18. The van der Waals surface area contributed by atoms with Gasteiger partial charge >= 0.3 is 0 Å². The van der Waals surface area contributed by atoms with Crippen LogP contribution >= 0.6 is 0 Å². The molecular formula is C11H19NO. The van der Waals surface area contributed by atoms with Gasteiger partial charge in [-0.1, -0.05) is 40.5 Å². The molecular weight excluding hydrogens is 162 g/mol. The number of terminal acetylenes is 1. The summed E-state index contributed by atoms with van der Waals surface area (Å²) < 4.78 is 0. The van der Waals surface area contributed by atoms with Crippen molar-refractivity contribution in [3.05, 3.63) is 0 Å². The maximum Gasteiger partial charge on any atom is 0.223 e. The molecule has 0 heterocycles. The number of rotatable bonds is 2. The zero-order valence-corrected chi connectivity index (χ0v) is 9.14. The topological polar surface area (TPSA) is 29.1 Å². The molecule has 0 aromatic rings. The van der Waals surface area contributed by atoms with E-state index in [2.05, 4.69) is 11.2 Å². The Morgan fingerprint density at radius 3 is 2.08 bits per heavy atom. The molecule has 1 atom stereocenters. The monoisotopic (exact) mass is 181 g/mol. The van der Waals surface area contributed by atoms with E-state index in [0.717, 1.165) is 0 Å². The molecule has 0 bridgehead atoms. The number of carbonyl (C=O) groups excluding carboxylic acids is 1. The van der Waals surface area contributed by atoms with Gasteiger partial charge in [-0.15, -0.1) is 6.42 Å². The summed E-state index contributed by atoms with van der Waals surface area (Å²) >= 11 is 0. The number of carbonyl (C=O) groups is 1. The van der Waals surface area contributed by atoms with Crippen molar-refractivity contribution in [1.29, 1.82) is 0 Å². The Morgan fingerprint density at radius 2 is 1.85 bits per heavy atom. The zero-order chi connectivity index (χ0) is 10.6. The summed E-state index contributed by atoms with van der Waals surface area (Å²) in [6, 6.07) is -0.192. The van der Waals surface area contributed by atoms with Crippen molar-refractivity contribution in [2.24, 2.45) is 11.3 Å². The van der Waals surface area contributed by atoms with Crippen molar-refractivity contribution >= 4 is 5.91 Å². The lowest BCUT2D eigenvalue weighted by atomic mass is 9.87. The molecule has 2 nitrogen and oxygen atoms in total. The summed E-state index contributed by atoms with van der Waals surface area (Å²) in [5.74, 6) is 2.59. The third-order valence-corrected chi connectivity index (χ3v) is 1.84. The van der Waals surface area contributed by atoms with Crippen LogP contribution in [0.15, 0.2) is 0 Å². The molecule has 0 aliphatic rings. The van der Waals surface area contributed by atoms with Crippen molar-refractivity contribution < 1.29 is 4.79 Å². The smallest absolute Gasteiger partial charge is 0.223 e. The van der Waals surface area contributed by atoms with Gasteiger partial charge in [-0.25, -0.2) is 0 Å². The number of hydrogen-bond acceptors (Lipinski definition) is 1. The van der Waals surface area contributed by atoms with Gasteiger partial charge in [0, 0.05) is 5.92 Å². The van der Waals surface area contributed by atoms with Gasteiger partial charge in [0.2, 0.25) is 5.91 Å². The molecule has 13 heavy (non-hydrogen) atoms. The van der Waals surface area contributed by atoms with E-state index in [9.17, 15) is 4.79 Å². The Labute approximate surface area is 81.1 Å². The molecule has 0 rings (SSSR count). The molecule has 0 aromatic carbocycles. The average Bonchev–Trinajstić information content (AvgIpc) is 1.96. The van der Waals surface area contributed by atoms with Crippen LogP contribution in [0.2, 0.25) is 0 Å². The predicted octanol–water partition coefficient (Wildman–Crippen LogP) is 1.81. The van der Waals surface area contributed by atoms with E-state index in [0.29, 0.717) is 0 Å². The Hall–Kier alpha value is -0.970. The van der Waals surface area contributed by atoms with Crippen LogP contribution in [0.25, 0.3) is 0 Å². The highest BCUT2D eigenvalue weighted by atomic mass is 16.1. The van der Waals surface area contributed by atoms with Crippen LogP contribution < -0.4 is 5.32 Å². The zero-order valence-electron chi connectivity index (χ0n) is 9.14. The molecule has 0 spiro atoms. The van der Waals surface area contributed by atoms with Gasteiger partial charge < -0.3 is 5.32 Å². The van der Waals surface area contributed by atoms with E-state index >= 15 is 0 Å². The van der Waals surface area contributed by atoms with E-state index in [1.54, 1.807) is 0 Å². The molecule has 0 fully saturated rings. The van der Waals surface area contributed by atoms with Crippen molar-refractivity contribution in [3.8, 4) is 12.3 Å². The second-order valence-corrected chi connectivity index (χ2v) is 4.63. The summed E-state index contributed by atoms with van der Waals surface area (Å²) in [5, 5.41) is 2.83. The largest absolute Gasteiger partial charge is 0.342 e. The van der Waals surface area contributed by atoms with Crippen LogP contribution in [-0.2, 0) is 4.79 Å². The fraction of sp³-hybridized carbons (Fsp3) is 0.727. The summed E-state index contributed by atoms with van der Waals surface area (Å²) in [5.41, 5.74) is -0.0840. The first-order valence-corrected chi connectivity index (χ1v) is 4.55. The van der Waals surface area contributed by atoms with E-state index in [1.807, 2.05) is 34.6 Å². The molecule has 74 valence electrons. The maximum atomic E-state index is 11.4. The molecule has 1 N–H and O–H groups in total. The van der Waals surface area contributed by atoms with Crippen molar-refractivity contribution in [2.75, 3.05) is 0 Å². The van der Waals surface area contributed by atoms with Gasteiger partial charge in [0.15, 0.2) is 0 Å². The summed E-state index contributed by atoms with van der Waals surface area (Å²) in [6.07, 6.45) is 5.34. The normalized spacial score (nSPS) is 13.6. The van der Waals surface area contributed by atoms with Crippen LogP contribution in [0.5, 0.6) is 0 Å². The van der Waals surface area contributed by atoms with Gasteiger partial charge in [-0.2, -0.15) is 0 Å². The first-order valence-electron chi connectivity index (χ1n) is 4.55. The molecule has 0 saturated heterocycles. The lowest BCUT2D eigenvalue weighted by Gasteiger charge is -2.27. The third-order valence-electron chi connectivity index (χ3n) is 1.84. The average molecular weight is 181 g/mol. The molecule has 0 saturated carbocycles. The molecule has 0 radical (unpaired) electrons. The van der Waals surface area contributed by atoms with Crippen LogP contribution in [0.3, 0.4) is 0 Å². The van der Waals surface area contributed by atoms with E-state index < -0.39 is 0 Å². The number of amides is 1. The van der Waals surface area contributed by atoms with Gasteiger partial charge in [-0.3, -0.25) is 4.79 Å². The minimum Gasteiger partial charge on any atom is -0.342 e. The number of hydrogen-bond donors (Lipinski definition) is 1. The molecule has 1 unspecified atom stereocenters. The maximum absolute atomic E-state index is 11.4. The highest BCUT2D eigenvalue weighted by Gasteiger charge is 2.24. The first kappa shape index (κ1) is 12.0. The van der Waals surface area contributed by atoms with Crippen molar-refractivity contribution in [1.82, 2.24) is 5.32 Å². The molecule has 0 aliphatic carbocycles. The van der Waals surface area contributed by atoms with Gasteiger partial charge in [0.1, 0.15) is 0 Å². The van der Waals surface area contributed by atoms with Crippen LogP contribution in [-0.4, -0.2) is 11.9 Å². The predicted molar refractivity (Wildman–Crippen MR) is 55.1 cm³/mol. The summed E-state index contributed by atoms with van der Waals surface area (Å²) in [4.78, 5) is 11.4. The fourth-order valence-corrected chi connectivity index (χ4v) is 0.817. The minimum atomic E-state index is -0.192. The third kappa shape index (κ3) is 3.98. The molecule has 2 heteroatoms. The Kier molecular flexibility index (Phi) is 4.00. The van der Waals surface area contributed by atoms with E-state index in [4.69, 9.17) is 6.42 Å². The van der Waals surface area contributed by atoms with Crippen LogP contribution in [0, 0.1) is 23.7 Å². The lowest BCUT2D eigenvalue weighted by molar-refractivity contribution is -0.124. The molecule has 1 amide bonds. The van der Waals surface area contributed by atoms with Crippen molar-refractivity contribution in [3.63, 3.8) is 0 Å². The highest BCUT2D eigenvalue weighted by molar-refractivity contribution is 5.78. The summed E-state index contributed by atoms with van der Waals surface area (Å²) in [7, 11) is 0. The van der Waals surface area contributed by atoms with E-state index in [-0.39, 0.29) is 23.3 Å². The second kappa shape index (κ2) is 4.32. The van der Waals surface area contributed by atoms with Gasteiger partial charge in [-0.05, 0) is 5.41 Å². The van der Waals surface area contributed by atoms with Crippen LogP contribution in [0.4, 0.5) is 0 Å². The molecule has 0 aromatic heterocycles. The molecule has 0 aliphatic heterocycles. The second-order valence-electron chi connectivity index (χ2n) is 4.63. The van der Waals surface area contributed by atoms with Gasteiger partial charge in [0.25, 0.3) is 0 Å². The van der Waals surface area contributed by atoms with Crippen LogP contribution in [0.1, 0.15) is 34.6 Å². The quantitative estimate of drug-likeness (QED) is 0.647. The summed E-state index contributed by atoms with van der Waals surface area (Å²) in [6.45, 7) is 9.74. The van der Waals surface area contributed by atoms with Crippen molar-refractivity contribution in [2.45, 2.75) is 40.7 Å². The standard InChI is InChI=1S/C11H19NO/c1-7-9(11(4,5)6)12-10(13)8(2)3/h1,8-9H,2-6H3,(H,12,13). The first-order chi connectivity index (χ1) is 5.79. The van der Waals surface area contributed by atoms with E-state index in [1.165, 1.54) is 0 Å². The number of nitrogens with one attached hydrogen (secondary N) is 1. The Morgan fingerprint density at radius 1 is 1.38 bits per heavy atom.